The molecule has 0 fully saturated rings. The molecular weight excluding hydrogens is 328 g/mol. The number of nitrogens with one attached hydrogen (secondary N) is 1. The van der Waals surface area contributed by atoms with Gasteiger partial charge in [0, 0.05) is 11.1 Å². The van der Waals surface area contributed by atoms with Gasteiger partial charge in [0.2, 0.25) is 0 Å². The van der Waals surface area contributed by atoms with E-state index in [1.165, 1.54) is 18.2 Å². The van der Waals surface area contributed by atoms with Crippen LogP contribution in [0.1, 0.15) is 0 Å². The highest BCUT2D eigenvalue weighted by atomic mass is 35.5. The normalized spacial score (nSPS) is 11.3. The molecule has 3 rings (SSSR count). The third-order valence-electron chi connectivity index (χ3n) is 2.96. The first-order valence-electron chi connectivity index (χ1n) is 5.64. The fourth-order valence-corrected chi connectivity index (χ4v) is 2.53. The zero-order valence-corrected chi connectivity index (χ0v) is 11.6. The average Bonchev–Trinajstić information content (AvgIpc) is 2.73. The van der Waals surface area contributed by atoms with Gasteiger partial charge in [-0.1, -0.05) is 11.6 Å². The van der Waals surface area contributed by atoms with Crippen molar-refractivity contribution in [2.45, 2.75) is 0 Å². The Kier molecular flexibility index (Phi) is 3.26. The SMILES string of the molecule is Fc1cc(F)c(F)c(-n2c(=S)[nH]c3cc(Cl)ccc32)c1F. The zero-order valence-electron chi connectivity index (χ0n) is 10.1. The highest BCUT2D eigenvalue weighted by Gasteiger charge is 2.22. The van der Waals surface area contributed by atoms with E-state index in [4.69, 9.17) is 23.8 Å². The molecule has 0 unspecified atom stereocenters. The van der Waals surface area contributed by atoms with E-state index in [9.17, 15) is 17.6 Å². The van der Waals surface area contributed by atoms with Crippen molar-refractivity contribution >= 4 is 34.9 Å². The van der Waals surface area contributed by atoms with Crippen LogP contribution in [0.15, 0.2) is 24.3 Å². The number of H-pyrrole nitrogens is 1. The van der Waals surface area contributed by atoms with Crippen molar-refractivity contribution in [3.8, 4) is 5.69 Å². The Labute approximate surface area is 125 Å². The highest BCUT2D eigenvalue weighted by Crippen LogP contribution is 2.28. The van der Waals surface area contributed by atoms with Crippen molar-refractivity contribution in [3.63, 3.8) is 0 Å². The number of rotatable bonds is 1. The maximum Gasteiger partial charge on any atom is 0.186 e. The Bertz CT molecular complexity index is 906. The van der Waals surface area contributed by atoms with Gasteiger partial charge in [-0.3, -0.25) is 4.57 Å². The largest absolute Gasteiger partial charge is 0.330 e. The van der Waals surface area contributed by atoms with Gasteiger partial charge in [0.25, 0.3) is 0 Å². The first-order chi connectivity index (χ1) is 9.90. The lowest BCUT2D eigenvalue weighted by Crippen LogP contribution is -2.06. The van der Waals surface area contributed by atoms with E-state index in [1.54, 1.807) is 0 Å². The second-order valence-corrected chi connectivity index (χ2v) is 5.07. The van der Waals surface area contributed by atoms with Crippen molar-refractivity contribution in [2.24, 2.45) is 0 Å². The molecule has 1 aromatic heterocycles. The fraction of sp³-hybridized carbons (Fsp3) is 0. The molecule has 3 aromatic rings. The third kappa shape index (κ3) is 2.13. The molecule has 0 amide bonds. The van der Waals surface area contributed by atoms with Gasteiger partial charge in [-0.2, -0.15) is 0 Å². The molecule has 0 atom stereocenters. The van der Waals surface area contributed by atoms with Crippen LogP contribution in [-0.4, -0.2) is 9.55 Å². The molecule has 8 heteroatoms. The number of benzene rings is 2. The number of nitrogens with zero attached hydrogens (tertiary/aromatic N) is 1. The van der Waals surface area contributed by atoms with E-state index in [-0.39, 0.29) is 16.4 Å². The van der Waals surface area contributed by atoms with Gasteiger partial charge in [0.1, 0.15) is 5.69 Å². The fourth-order valence-electron chi connectivity index (χ4n) is 2.06. The van der Waals surface area contributed by atoms with E-state index >= 15 is 0 Å². The molecule has 108 valence electrons. The van der Waals surface area contributed by atoms with Crippen LogP contribution in [0, 0.1) is 28.0 Å². The maximum absolute atomic E-state index is 13.9. The molecule has 0 aliphatic heterocycles. The lowest BCUT2D eigenvalue weighted by molar-refractivity contribution is 0.448. The second kappa shape index (κ2) is 4.85. The predicted octanol–water partition coefficient (Wildman–Crippen LogP) is 4.90. The second-order valence-electron chi connectivity index (χ2n) is 4.24. The summed E-state index contributed by atoms with van der Waals surface area (Å²) in [6.07, 6.45) is 0. The number of aromatic amines is 1. The quantitative estimate of drug-likeness (QED) is 0.382. The Balaban J connectivity index is 2.47. The molecule has 2 nitrogen and oxygen atoms in total. The minimum absolute atomic E-state index is 0.116. The van der Waals surface area contributed by atoms with Gasteiger partial charge >= 0.3 is 0 Å². The third-order valence-corrected chi connectivity index (χ3v) is 3.48. The summed E-state index contributed by atoms with van der Waals surface area (Å²) in [5.74, 6) is -6.06. The number of hydrogen-bond donors (Lipinski definition) is 1. The van der Waals surface area contributed by atoms with Crippen molar-refractivity contribution in [1.82, 2.24) is 9.55 Å². The van der Waals surface area contributed by atoms with E-state index in [1.807, 2.05) is 0 Å². The van der Waals surface area contributed by atoms with Gasteiger partial charge in [-0.15, -0.1) is 0 Å². The zero-order chi connectivity index (χ0) is 15.3. The summed E-state index contributed by atoms with van der Waals surface area (Å²) < 4.78 is 55.3. The maximum atomic E-state index is 13.9. The van der Waals surface area contributed by atoms with E-state index in [0.29, 0.717) is 10.5 Å². The highest BCUT2D eigenvalue weighted by molar-refractivity contribution is 7.71. The van der Waals surface area contributed by atoms with Crippen LogP contribution in [0.3, 0.4) is 0 Å². The molecule has 0 bridgehead atoms. The summed E-state index contributed by atoms with van der Waals surface area (Å²) in [5, 5.41) is 0.372. The molecule has 0 aliphatic rings. The van der Waals surface area contributed by atoms with E-state index in [0.717, 1.165) is 4.57 Å². The summed E-state index contributed by atoms with van der Waals surface area (Å²) in [7, 11) is 0. The van der Waals surface area contributed by atoms with E-state index in [2.05, 4.69) is 4.98 Å². The van der Waals surface area contributed by atoms with Crippen LogP contribution in [-0.2, 0) is 0 Å². The van der Waals surface area contributed by atoms with Crippen molar-refractivity contribution < 1.29 is 17.6 Å². The van der Waals surface area contributed by atoms with Crippen molar-refractivity contribution in [1.29, 1.82) is 0 Å². The Morgan fingerprint density at radius 3 is 2.24 bits per heavy atom. The monoisotopic (exact) mass is 332 g/mol. The van der Waals surface area contributed by atoms with Crippen molar-refractivity contribution in [3.05, 3.63) is 57.3 Å². The lowest BCUT2D eigenvalue weighted by Gasteiger charge is -2.09. The van der Waals surface area contributed by atoms with Gasteiger partial charge in [0.15, 0.2) is 28.0 Å². The molecule has 0 saturated carbocycles. The molecule has 0 radical (unpaired) electrons. The molecule has 2 aromatic carbocycles. The minimum Gasteiger partial charge on any atom is -0.330 e. The van der Waals surface area contributed by atoms with Gasteiger partial charge < -0.3 is 4.98 Å². The molecule has 0 aliphatic carbocycles. The van der Waals surface area contributed by atoms with Gasteiger partial charge in [-0.05, 0) is 30.4 Å². The van der Waals surface area contributed by atoms with Crippen molar-refractivity contribution in [2.75, 3.05) is 0 Å². The summed E-state index contributed by atoms with van der Waals surface area (Å²) in [5.41, 5.74) is -0.283. The van der Waals surface area contributed by atoms with Gasteiger partial charge in [-0.25, -0.2) is 17.6 Å². The van der Waals surface area contributed by atoms with E-state index < -0.39 is 29.0 Å². The summed E-state index contributed by atoms with van der Waals surface area (Å²) in [4.78, 5) is 2.67. The van der Waals surface area contributed by atoms with Crippen LogP contribution in [0.2, 0.25) is 5.02 Å². The number of halogens is 5. The van der Waals surface area contributed by atoms with Gasteiger partial charge in [0.05, 0.1) is 11.0 Å². The predicted molar refractivity (Wildman–Crippen MR) is 73.3 cm³/mol. The molecule has 0 saturated heterocycles. The number of imidazole rings is 1. The summed E-state index contributed by atoms with van der Waals surface area (Å²) >= 11 is 10.8. The smallest absolute Gasteiger partial charge is 0.186 e. The standard InChI is InChI=1S/C13H5ClF4N2S/c14-5-1-2-9-8(3-5)19-13(21)20(9)12-10(17)6(15)4-7(16)11(12)18/h1-4H,(H,19,21). The molecule has 21 heavy (non-hydrogen) atoms. The summed E-state index contributed by atoms with van der Waals surface area (Å²) in [6, 6.07) is 4.53. The molecule has 1 N–H and O–H groups in total. The minimum atomic E-state index is -1.53. The molecular formula is C13H5ClF4N2S. The van der Waals surface area contributed by atoms with Crippen LogP contribution in [0.4, 0.5) is 17.6 Å². The number of hydrogen-bond acceptors (Lipinski definition) is 1. The van der Waals surface area contributed by atoms with Crippen LogP contribution < -0.4 is 0 Å². The Morgan fingerprint density at radius 1 is 1.00 bits per heavy atom. The van der Waals surface area contributed by atoms with Crippen LogP contribution in [0.25, 0.3) is 16.7 Å². The Hall–Kier alpha value is -1.86. The van der Waals surface area contributed by atoms with Crippen LogP contribution in [0.5, 0.6) is 0 Å². The summed E-state index contributed by atoms with van der Waals surface area (Å²) in [6.45, 7) is 0. The number of fused-ring (bicyclic) bond motifs is 1. The number of aromatic nitrogens is 2. The average molecular weight is 333 g/mol. The first-order valence-corrected chi connectivity index (χ1v) is 6.42. The molecule has 1 heterocycles. The first kappa shape index (κ1) is 14.1. The topological polar surface area (TPSA) is 20.7 Å². The lowest BCUT2D eigenvalue weighted by atomic mass is 10.2. The molecule has 0 spiro atoms. The Morgan fingerprint density at radius 2 is 1.62 bits per heavy atom. The van der Waals surface area contributed by atoms with Crippen LogP contribution >= 0.6 is 23.8 Å².